The minimum absolute atomic E-state index is 0.00999. The molecule has 5 N–H and O–H groups in total. The number of phenolic OH excluding ortho intramolecular Hbond substituents is 2. The number of rotatable bonds is 15. The molecule has 0 radical (unpaired) electrons. The molecule has 0 amide bonds. The van der Waals surface area contributed by atoms with Crippen molar-refractivity contribution in [2.75, 3.05) is 14.2 Å². The van der Waals surface area contributed by atoms with Gasteiger partial charge in [0.15, 0.2) is 23.0 Å². The van der Waals surface area contributed by atoms with E-state index >= 15 is 0 Å². The Bertz CT molecular complexity index is 1410. The van der Waals surface area contributed by atoms with Gasteiger partial charge in [0.2, 0.25) is 0 Å². The van der Waals surface area contributed by atoms with E-state index in [1.54, 1.807) is 30.3 Å². The molecule has 4 aromatic rings. The summed E-state index contributed by atoms with van der Waals surface area (Å²) in [6.07, 6.45) is 9.72. The van der Waals surface area contributed by atoms with Gasteiger partial charge in [0, 0.05) is 37.1 Å². The van der Waals surface area contributed by atoms with Gasteiger partial charge < -0.3 is 34.8 Å². The third kappa shape index (κ3) is 7.73. The third-order valence-corrected chi connectivity index (χ3v) is 7.81. The molecule has 2 heterocycles. The van der Waals surface area contributed by atoms with Crippen LogP contribution in [0.2, 0.25) is 0 Å². The molecule has 2 aromatic carbocycles. The molecule has 0 spiro atoms. The van der Waals surface area contributed by atoms with Crippen LogP contribution in [0.1, 0.15) is 41.2 Å². The molecular formula is C33H40N2O6. The number of Topliss-reactive ketones (excluding diaryl/α,β-unsaturated/α-hetero) is 1. The maximum absolute atomic E-state index is 13.9. The standard InChI is InChI=1S/C33H40N2O6/c1-4-24-19-35-20-27(24)16-26(12-22-6-8-29(37)33(15-22)41-3)31(39)17-30(38)25(13-23-9-10-34-18-23)11-21-5-7-28(36)32(14-21)40-2/h5-10,14-15,18-20,25-26,30,34-38H,4,11-13,16-17H2,1-3H3. The number of aromatic hydroxyl groups is 2. The van der Waals surface area contributed by atoms with Crippen LogP contribution >= 0.6 is 0 Å². The van der Waals surface area contributed by atoms with Crippen molar-refractivity contribution in [2.24, 2.45) is 11.8 Å². The smallest absolute Gasteiger partial charge is 0.160 e. The number of H-pyrrole nitrogens is 2. The molecule has 4 rings (SSSR count). The summed E-state index contributed by atoms with van der Waals surface area (Å²) in [5.74, 6) is 0.205. The molecule has 0 saturated heterocycles. The zero-order valence-electron chi connectivity index (χ0n) is 23.9. The molecule has 8 nitrogen and oxygen atoms in total. The van der Waals surface area contributed by atoms with E-state index in [2.05, 4.69) is 16.9 Å². The van der Waals surface area contributed by atoms with E-state index < -0.39 is 6.10 Å². The molecule has 41 heavy (non-hydrogen) atoms. The average molecular weight is 561 g/mol. The highest BCUT2D eigenvalue weighted by atomic mass is 16.5. The van der Waals surface area contributed by atoms with Crippen LogP contribution in [0.15, 0.2) is 67.3 Å². The van der Waals surface area contributed by atoms with E-state index in [4.69, 9.17) is 9.47 Å². The second kappa shape index (κ2) is 13.9. The summed E-state index contributed by atoms with van der Waals surface area (Å²) in [6, 6.07) is 12.3. The van der Waals surface area contributed by atoms with Gasteiger partial charge in [-0.15, -0.1) is 0 Å². The third-order valence-electron chi connectivity index (χ3n) is 7.81. The van der Waals surface area contributed by atoms with Crippen LogP contribution < -0.4 is 9.47 Å². The fraction of sp³-hybridized carbons (Fsp3) is 0.364. The minimum atomic E-state index is -0.883. The maximum Gasteiger partial charge on any atom is 0.160 e. The normalized spacial score (nSPS) is 13.5. The van der Waals surface area contributed by atoms with Crippen LogP contribution in [0.3, 0.4) is 0 Å². The molecule has 0 aliphatic carbocycles. The number of carbonyl (C=O) groups is 1. The summed E-state index contributed by atoms with van der Waals surface area (Å²) < 4.78 is 10.6. The van der Waals surface area contributed by atoms with Gasteiger partial charge in [-0.05, 0) is 96.2 Å². The number of carbonyl (C=O) groups excluding carboxylic acids is 1. The molecule has 0 aliphatic heterocycles. The highest BCUT2D eigenvalue weighted by Gasteiger charge is 2.28. The number of benzene rings is 2. The van der Waals surface area contributed by atoms with Crippen LogP contribution in [0.25, 0.3) is 0 Å². The van der Waals surface area contributed by atoms with Crippen LogP contribution in [0.5, 0.6) is 23.0 Å². The molecule has 8 heteroatoms. The van der Waals surface area contributed by atoms with E-state index in [1.807, 2.05) is 36.9 Å². The average Bonchev–Trinajstić information content (AvgIpc) is 3.66. The number of hydrogen-bond acceptors (Lipinski definition) is 6. The number of ketones is 1. The first-order valence-corrected chi connectivity index (χ1v) is 14.0. The number of phenols is 2. The molecule has 0 aliphatic rings. The van der Waals surface area contributed by atoms with Gasteiger partial charge in [-0.1, -0.05) is 19.1 Å². The summed E-state index contributed by atoms with van der Waals surface area (Å²) in [5.41, 5.74) is 5.07. The van der Waals surface area contributed by atoms with E-state index in [9.17, 15) is 20.1 Å². The predicted molar refractivity (Wildman–Crippen MR) is 158 cm³/mol. The van der Waals surface area contributed by atoms with Gasteiger partial charge in [-0.25, -0.2) is 0 Å². The molecule has 0 bridgehead atoms. The van der Waals surface area contributed by atoms with Crippen molar-refractivity contribution in [3.8, 4) is 23.0 Å². The predicted octanol–water partition coefficient (Wildman–Crippen LogP) is 5.16. The highest BCUT2D eigenvalue weighted by molar-refractivity contribution is 5.82. The summed E-state index contributed by atoms with van der Waals surface area (Å²) >= 11 is 0. The van der Waals surface area contributed by atoms with Crippen molar-refractivity contribution in [1.29, 1.82) is 0 Å². The van der Waals surface area contributed by atoms with Crippen LogP contribution in [0.4, 0.5) is 0 Å². The first kappa shape index (κ1) is 29.8. The van der Waals surface area contributed by atoms with E-state index in [1.165, 1.54) is 19.8 Å². The maximum atomic E-state index is 13.9. The Morgan fingerprint density at radius 2 is 1.39 bits per heavy atom. The fourth-order valence-corrected chi connectivity index (χ4v) is 5.47. The fourth-order valence-electron chi connectivity index (χ4n) is 5.47. The van der Waals surface area contributed by atoms with Crippen molar-refractivity contribution in [1.82, 2.24) is 9.97 Å². The minimum Gasteiger partial charge on any atom is -0.504 e. The molecule has 2 aromatic heterocycles. The summed E-state index contributed by atoms with van der Waals surface area (Å²) in [4.78, 5) is 20.1. The number of aryl methyl sites for hydroxylation is 1. The number of hydrogen-bond donors (Lipinski definition) is 5. The number of nitrogens with one attached hydrogen (secondary N) is 2. The van der Waals surface area contributed by atoms with Crippen molar-refractivity contribution in [2.45, 2.75) is 51.6 Å². The SMILES string of the molecule is CCc1c[nH]cc1CC(Cc1ccc(O)c(OC)c1)C(=O)CC(O)C(Cc1cc[nH]c1)Cc1ccc(O)c(OC)c1. The number of aromatic amines is 2. The second-order valence-corrected chi connectivity index (χ2v) is 10.6. The van der Waals surface area contributed by atoms with Crippen molar-refractivity contribution >= 4 is 5.78 Å². The van der Waals surface area contributed by atoms with Crippen LogP contribution in [-0.4, -0.2) is 51.4 Å². The number of methoxy groups -OCH3 is 2. The van der Waals surface area contributed by atoms with Crippen molar-refractivity contribution in [3.63, 3.8) is 0 Å². The number of aliphatic hydroxyl groups is 1. The zero-order chi connectivity index (χ0) is 29.4. The van der Waals surface area contributed by atoms with Gasteiger partial charge in [-0.2, -0.15) is 0 Å². The number of ether oxygens (including phenoxy) is 2. The molecule has 0 saturated carbocycles. The molecule has 0 fully saturated rings. The van der Waals surface area contributed by atoms with Gasteiger partial charge in [0.1, 0.15) is 5.78 Å². The Hall–Kier alpha value is -4.17. The topological polar surface area (TPSA) is 128 Å². The molecule has 3 unspecified atom stereocenters. The first-order valence-electron chi connectivity index (χ1n) is 14.0. The Labute approximate surface area is 241 Å². The van der Waals surface area contributed by atoms with Crippen LogP contribution in [0, 0.1) is 11.8 Å². The van der Waals surface area contributed by atoms with Crippen LogP contribution in [-0.2, 0) is 36.9 Å². The molecule has 3 atom stereocenters. The van der Waals surface area contributed by atoms with Gasteiger partial charge in [0.25, 0.3) is 0 Å². The number of aliphatic hydroxyl groups excluding tert-OH is 1. The number of aromatic nitrogens is 2. The first-order chi connectivity index (χ1) is 19.8. The van der Waals surface area contributed by atoms with E-state index in [-0.39, 0.29) is 35.5 Å². The second-order valence-electron chi connectivity index (χ2n) is 10.6. The lowest BCUT2D eigenvalue weighted by Gasteiger charge is -2.25. The monoisotopic (exact) mass is 560 g/mol. The van der Waals surface area contributed by atoms with Gasteiger partial charge in [-0.3, -0.25) is 4.79 Å². The lowest BCUT2D eigenvalue weighted by molar-refractivity contribution is -0.125. The lowest BCUT2D eigenvalue weighted by Crippen LogP contribution is -2.31. The van der Waals surface area contributed by atoms with Crippen molar-refractivity contribution < 1.29 is 29.6 Å². The Balaban J connectivity index is 1.57. The Morgan fingerprint density at radius 3 is 1.98 bits per heavy atom. The van der Waals surface area contributed by atoms with E-state index in [0.717, 1.165) is 28.7 Å². The largest absolute Gasteiger partial charge is 0.504 e. The summed E-state index contributed by atoms with van der Waals surface area (Å²) in [6.45, 7) is 2.09. The lowest BCUT2D eigenvalue weighted by atomic mass is 9.82. The summed E-state index contributed by atoms with van der Waals surface area (Å²) in [5, 5.41) is 31.6. The van der Waals surface area contributed by atoms with Gasteiger partial charge >= 0.3 is 0 Å². The van der Waals surface area contributed by atoms with E-state index in [0.29, 0.717) is 37.2 Å². The van der Waals surface area contributed by atoms with Crippen molar-refractivity contribution in [3.05, 3.63) is 95.1 Å². The highest BCUT2D eigenvalue weighted by Crippen LogP contribution is 2.31. The summed E-state index contributed by atoms with van der Waals surface area (Å²) in [7, 11) is 3.00. The zero-order valence-corrected chi connectivity index (χ0v) is 23.9. The Kier molecular flexibility index (Phi) is 10.1. The molecular weight excluding hydrogens is 520 g/mol. The van der Waals surface area contributed by atoms with Gasteiger partial charge in [0.05, 0.1) is 20.3 Å². The quantitative estimate of drug-likeness (QED) is 0.137. The Morgan fingerprint density at radius 1 is 0.780 bits per heavy atom. The molecule has 218 valence electrons.